The molecular formula is C21H22N4O2S. The Morgan fingerprint density at radius 1 is 1.25 bits per heavy atom. The van der Waals surface area contributed by atoms with Gasteiger partial charge in [-0.3, -0.25) is 20.4 Å². The van der Waals surface area contributed by atoms with Crippen molar-refractivity contribution in [1.82, 2.24) is 20.6 Å². The number of amides is 2. The summed E-state index contributed by atoms with van der Waals surface area (Å²) in [4.78, 5) is 26.5. The maximum Gasteiger partial charge on any atom is 0.279 e. The summed E-state index contributed by atoms with van der Waals surface area (Å²) >= 11 is 1.53. The number of nitrogens with one attached hydrogen (secondary N) is 2. The molecule has 1 unspecified atom stereocenters. The van der Waals surface area contributed by atoms with Crippen LogP contribution in [0.25, 0.3) is 5.69 Å². The third-order valence-corrected chi connectivity index (χ3v) is 6.13. The van der Waals surface area contributed by atoms with Crippen LogP contribution in [0, 0.1) is 5.92 Å². The molecule has 2 N–H and O–H groups in total. The lowest BCUT2D eigenvalue weighted by atomic mass is 9.90. The second kappa shape index (κ2) is 7.98. The van der Waals surface area contributed by atoms with E-state index in [9.17, 15) is 9.59 Å². The number of hydrazine groups is 1. The molecule has 0 saturated carbocycles. The minimum Gasteiger partial charge on any atom is -0.273 e. The molecule has 1 atom stereocenters. The Balaban J connectivity index is 1.31. The number of carbonyl (C=O) groups is 2. The van der Waals surface area contributed by atoms with Gasteiger partial charge in [-0.2, -0.15) is 5.10 Å². The quantitative estimate of drug-likeness (QED) is 0.668. The molecule has 0 radical (unpaired) electrons. The monoisotopic (exact) mass is 394 g/mol. The van der Waals surface area contributed by atoms with Crippen LogP contribution < -0.4 is 10.9 Å². The molecule has 1 aliphatic rings. The molecule has 3 aromatic rings. The maximum atomic E-state index is 12.4. The molecule has 0 bridgehead atoms. The lowest BCUT2D eigenvalue weighted by molar-refractivity contribution is -0.121. The molecule has 6 nitrogen and oxygen atoms in total. The first-order valence-electron chi connectivity index (χ1n) is 9.38. The highest BCUT2D eigenvalue weighted by molar-refractivity contribution is 7.14. The molecule has 28 heavy (non-hydrogen) atoms. The molecule has 1 aliphatic carbocycles. The van der Waals surface area contributed by atoms with Gasteiger partial charge >= 0.3 is 0 Å². The van der Waals surface area contributed by atoms with Gasteiger partial charge in [-0.25, -0.2) is 4.68 Å². The molecule has 1 aromatic carbocycles. The summed E-state index contributed by atoms with van der Waals surface area (Å²) in [6.07, 6.45) is 6.84. The number of carbonyl (C=O) groups excluding carboxylic acids is 2. The SMILES string of the molecule is CC1CCc2sc(C(=O)NNC(=O)Cc3cnn(-c4ccccc4)c3)cc2C1. The third-order valence-electron chi connectivity index (χ3n) is 4.89. The standard InChI is InChI=1S/C21H22N4O2S/c1-14-7-8-18-16(9-14)11-19(28-18)21(27)24-23-20(26)10-15-12-22-25(13-15)17-5-3-2-4-6-17/h2-6,11-14H,7-10H2,1H3,(H,23,26)(H,24,27). The Hall–Kier alpha value is -2.93. The number of aryl methyl sites for hydroxylation is 1. The number of fused-ring (bicyclic) bond motifs is 1. The van der Waals surface area contributed by atoms with E-state index in [0.717, 1.165) is 24.1 Å². The zero-order chi connectivity index (χ0) is 19.5. The Morgan fingerprint density at radius 2 is 2.07 bits per heavy atom. The molecule has 7 heteroatoms. The van der Waals surface area contributed by atoms with Crippen LogP contribution in [0.1, 0.15) is 39.0 Å². The lowest BCUT2D eigenvalue weighted by Gasteiger charge is -2.16. The number of aromatic nitrogens is 2. The van der Waals surface area contributed by atoms with Gasteiger partial charge in [-0.05, 0) is 54.5 Å². The Kier molecular flexibility index (Phi) is 5.25. The molecule has 2 amide bonds. The van der Waals surface area contributed by atoms with Crippen LogP contribution >= 0.6 is 11.3 Å². The van der Waals surface area contributed by atoms with E-state index in [1.54, 1.807) is 10.9 Å². The molecule has 0 fully saturated rings. The molecule has 4 rings (SSSR count). The van der Waals surface area contributed by atoms with Crippen LogP contribution in [-0.2, 0) is 24.1 Å². The van der Waals surface area contributed by atoms with Crippen LogP contribution in [0.5, 0.6) is 0 Å². The van der Waals surface area contributed by atoms with E-state index in [-0.39, 0.29) is 18.2 Å². The summed E-state index contributed by atoms with van der Waals surface area (Å²) in [7, 11) is 0. The van der Waals surface area contributed by atoms with Gasteiger partial charge in [-0.1, -0.05) is 25.1 Å². The zero-order valence-electron chi connectivity index (χ0n) is 15.6. The Morgan fingerprint density at radius 3 is 2.89 bits per heavy atom. The summed E-state index contributed by atoms with van der Waals surface area (Å²) in [5.74, 6) is 0.116. The van der Waals surface area contributed by atoms with Crippen LogP contribution in [0.4, 0.5) is 0 Å². The first-order valence-corrected chi connectivity index (χ1v) is 10.2. The molecule has 0 aliphatic heterocycles. The number of hydrogen-bond acceptors (Lipinski definition) is 4. The molecule has 144 valence electrons. The Labute approximate surface area is 167 Å². The van der Waals surface area contributed by atoms with Crippen LogP contribution in [0.2, 0.25) is 0 Å². The second-order valence-electron chi connectivity index (χ2n) is 7.21. The van der Waals surface area contributed by atoms with Gasteiger partial charge in [0.15, 0.2) is 0 Å². The number of hydrogen-bond donors (Lipinski definition) is 2. The van der Waals surface area contributed by atoms with Crippen molar-refractivity contribution in [3.63, 3.8) is 0 Å². The normalized spacial score (nSPS) is 15.7. The van der Waals surface area contributed by atoms with Crippen molar-refractivity contribution in [3.8, 4) is 5.69 Å². The molecule has 2 aromatic heterocycles. The van der Waals surface area contributed by atoms with E-state index >= 15 is 0 Å². The smallest absolute Gasteiger partial charge is 0.273 e. The fourth-order valence-corrected chi connectivity index (χ4v) is 4.51. The molecule has 2 heterocycles. The van der Waals surface area contributed by atoms with E-state index in [2.05, 4.69) is 22.9 Å². The summed E-state index contributed by atoms with van der Waals surface area (Å²) in [5, 5.41) is 4.28. The van der Waals surface area contributed by atoms with Crippen LogP contribution in [0.3, 0.4) is 0 Å². The summed E-state index contributed by atoms with van der Waals surface area (Å²) < 4.78 is 1.72. The predicted octanol–water partition coefficient (Wildman–Crippen LogP) is 3.06. The summed E-state index contributed by atoms with van der Waals surface area (Å²) in [5.41, 5.74) is 8.00. The highest BCUT2D eigenvalue weighted by atomic mass is 32.1. The first kappa shape index (κ1) is 18.4. The van der Waals surface area contributed by atoms with E-state index in [1.807, 2.05) is 42.6 Å². The topological polar surface area (TPSA) is 76.0 Å². The van der Waals surface area contributed by atoms with Gasteiger partial charge in [-0.15, -0.1) is 11.3 Å². The summed E-state index contributed by atoms with van der Waals surface area (Å²) in [6.45, 7) is 2.24. The predicted molar refractivity (Wildman–Crippen MR) is 108 cm³/mol. The average Bonchev–Trinajstić information content (AvgIpc) is 3.33. The van der Waals surface area contributed by atoms with Gasteiger partial charge in [0.25, 0.3) is 5.91 Å². The second-order valence-corrected chi connectivity index (χ2v) is 8.35. The lowest BCUT2D eigenvalue weighted by Crippen LogP contribution is -2.42. The van der Waals surface area contributed by atoms with Gasteiger partial charge in [0.05, 0.1) is 23.2 Å². The van der Waals surface area contributed by atoms with E-state index in [0.29, 0.717) is 10.8 Å². The van der Waals surface area contributed by atoms with E-state index in [4.69, 9.17) is 0 Å². The van der Waals surface area contributed by atoms with Crippen LogP contribution in [-0.4, -0.2) is 21.6 Å². The molecular weight excluding hydrogens is 372 g/mol. The zero-order valence-corrected chi connectivity index (χ0v) is 16.5. The van der Waals surface area contributed by atoms with Gasteiger partial charge < -0.3 is 0 Å². The number of rotatable bonds is 4. The maximum absolute atomic E-state index is 12.4. The minimum atomic E-state index is -0.282. The van der Waals surface area contributed by atoms with Crippen molar-refractivity contribution in [3.05, 3.63) is 69.7 Å². The number of thiophene rings is 1. The number of benzene rings is 1. The van der Waals surface area contributed by atoms with Crippen LogP contribution in [0.15, 0.2) is 48.8 Å². The molecule has 0 spiro atoms. The van der Waals surface area contributed by atoms with Crippen molar-refractivity contribution in [2.45, 2.75) is 32.6 Å². The van der Waals surface area contributed by atoms with Crippen molar-refractivity contribution in [1.29, 1.82) is 0 Å². The van der Waals surface area contributed by atoms with Gasteiger partial charge in [0.1, 0.15) is 0 Å². The van der Waals surface area contributed by atoms with E-state index in [1.165, 1.54) is 28.2 Å². The minimum absolute atomic E-state index is 0.144. The van der Waals surface area contributed by atoms with Gasteiger partial charge in [0, 0.05) is 11.1 Å². The van der Waals surface area contributed by atoms with Crippen molar-refractivity contribution in [2.75, 3.05) is 0 Å². The Bertz CT molecular complexity index is 993. The average molecular weight is 395 g/mol. The van der Waals surface area contributed by atoms with Crippen molar-refractivity contribution >= 4 is 23.2 Å². The molecule has 0 saturated heterocycles. The third kappa shape index (κ3) is 4.14. The fraction of sp³-hybridized carbons (Fsp3) is 0.286. The summed E-state index contributed by atoms with van der Waals surface area (Å²) in [6, 6.07) is 11.6. The first-order chi connectivity index (χ1) is 13.6. The largest absolute Gasteiger partial charge is 0.279 e. The highest BCUT2D eigenvalue weighted by Gasteiger charge is 2.21. The highest BCUT2D eigenvalue weighted by Crippen LogP contribution is 2.32. The van der Waals surface area contributed by atoms with Gasteiger partial charge in [0.2, 0.25) is 5.91 Å². The van der Waals surface area contributed by atoms with E-state index < -0.39 is 0 Å². The number of nitrogens with zero attached hydrogens (tertiary/aromatic N) is 2. The number of para-hydroxylation sites is 1. The fourth-order valence-electron chi connectivity index (χ4n) is 3.41. The van der Waals surface area contributed by atoms with Crippen molar-refractivity contribution < 1.29 is 9.59 Å². The van der Waals surface area contributed by atoms with Crippen molar-refractivity contribution in [2.24, 2.45) is 5.92 Å².